The van der Waals surface area contributed by atoms with Crippen molar-refractivity contribution in [2.45, 2.75) is 5.41 Å². The predicted octanol–water partition coefficient (Wildman–Crippen LogP) is 14.7. The van der Waals surface area contributed by atoms with E-state index in [1.165, 1.54) is 88.1 Å². The number of fused-ring (bicyclic) bond motifs is 18. The van der Waals surface area contributed by atoms with E-state index in [2.05, 4.69) is 194 Å². The van der Waals surface area contributed by atoms with E-state index in [0.29, 0.717) is 0 Å². The first-order valence-electron chi connectivity index (χ1n) is 19.5. The van der Waals surface area contributed by atoms with Crippen molar-refractivity contribution < 1.29 is 4.42 Å². The number of hydrogen-bond acceptors (Lipinski definition) is 1. The van der Waals surface area contributed by atoms with Gasteiger partial charge in [-0.2, -0.15) is 0 Å². The third-order valence-corrected chi connectivity index (χ3v) is 12.8. The Bertz CT molecular complexity index is 3420. The van der Waals surface area contributed by atoms with E-state index in [9.17, 15) is 0 Å². The molecule has 2 aliphatic carbocycles. The van der Waals surface area contributed by atoms with Crippen molar-refractivity contribution in [1.82, 2.24) is 0 Å². The number of hydrogen-bond donors (Lipinski definition) is 0. The zero-order valence-electron chi connectivity index (χ0n) is 30.4. The molecule has 0 saturated carbocycles. The van der Waals surface area contributed by atoms with Gasteiger partial charge in [-0.3, -0.25) is 0 Å². The molecule has 0 amide bonds. The molecule has 56 heavy (non-hydrogen) atoms. The molecule has 0 unspecified atom stereocenters. The van der Waals surface area contributed by atoms with Gasteiger partial charge in [-0.05, 0) is 130 Å². The third kappa shape index (κ3) is 3.89. The SMILES string of the molecule is c1ccc2c(c1)-c1ccccc1C21c2ccccc2-c2ccc3ccc(-c4ccc5cc(-c6ccc7c(c6)oc6c8ccccc8ccc76)ccc5c4)cc3c21. The summed E-state index contributed by atoms with van der Waals surface area (Å²) in [5.74, 6) is 0. The quantitative estimate of drug-likeness (QED) is 0.174. The molecule has 1 heteroatoms. The van der Waals surface area contributed by atoms with Gasteiger partial charge in [0.25, 0.3) is 0 Å². The fourth-order valence-electron chi connectivity index (χ4n) is 10.4. The van der Waals surface area contributed by atoms with Crippen LogP contribution in [0.1, 0.15) is 22.3 Å². The molecule has 0 bridgehead atoms. The molecule has 0 fully saturated rings. The number of rotatable bonds is 2. The first-order valence-corrected chi connectivity index (χ1v) is 19.5. The molecular formula is C55H32O. The summed E-state index contributed by atoms with van der Waals surface area (Å²) in [5, 5.41) is 9.68. The standard InChI is InChI=1S/C55H32O/c1-2-10-41-33(9-1)24-28-47-45-26-25-40(32-52(45)56-54(41)47)38-22-20-35-29-37(21-19-36(35)30-38)39-18-17-34-23-27-46-44-13-5-8-16-51(44)55(53(46)48(34)31-39)49-14-6-3-11-42(49)43-12-4-7-15-50(43)55/h1-32H. The first-order chi connectivity index (χ1) is 27.7. The first kappa shape index (κ1) is 30.1. The molecule has 258 valence electrons. The second-order valence-electron chi connectivity index (χ2n) is 15.6. The van der Waals surface area contributed by atoms with Gasteiger partial charge in [-0.1, -0.05) is 158 Å². The van der Waals surface area contributed by atoms with Crippen molar-refractivity contribution in [3.05, 3.63) is 216 Å². The molecule has 11 aromatic rings. The predicted molar refractivity (Wildman–Crippen MR) is 233 cm³/mol. The second-order valence-corrected chi connectivity index (χ2v) is 15.6. The van der Waals surface area contributed by atoms with Gasteiger partial charge in [0.1, 0.15) is 11.2 Å². The van der Waals surface area contributed by atoms with Gasteiger partial charge < -0.3 is 4.42 Å². The Morgan fingerprint density at radius 3 is 1.48 bits per heavy atom. The highest BCUT2D eigenvalue weighted by Crippen LogP contribution is 2.64. The smallest absolute Gasteiger partial charge is 0.143 e. The maximum atomic E-state index is 6.52. The van der Waals surface area contributed by atoms with Gasteiger partial charge in [-0.25, -0.2) is 0 Å². The fraction of sp³-hybridized carbons (Fsp3) is 0.0182. The summed E-state index contributed by atoms with van der Waals surface area (Å²) in [7, 11) is 0. The lowest BCUT2D eigenvalue weighted by atomic mass is 9.69. The molecule has 0 N–H and O–H groups in total. The topological polar surface area (TPSA) is 13.1 Å². The van der Waals surface area contributed by atoms with Crippen LogP contribution in [0.2, 0.25) is 0 Å². The van der Waals surface area contributed by atoms with Crippen molar-refractivity contribution in [1.29, 1.82) is 0 Å². The molecule has 1 aromatic heterocycles. The van der Waals surface area contributed by atoms with Crippen molar-refractivity contribution in [3.63, 3.8) is 0 Å². The van der Waals surface area contributed by atoms with E-state index < -0.39 is 0 Å². The van der Waals surface area contributed by atoms with E-state index in [1.54, 1.807) is 0 Å². The number of benzene rings is 10. The van der Waals surface area contributed by atoms with Gasteiger partial charge in [0, 0.05) is 16.2 Å². The Hall–Kier alpha value is -7.22. The highest BCUT2D eigenvalue weighted by Gasteiger charge is 2.52. The molecule has 0 radical (unpaired) electrons. The molecule has 2 aliphatic rings. The lowest BCUT2D eigenvalue weighted by Crippen LogP contribution is -2.26. The summed E-state index contributed by atoms with van der Waals surface area (Å²) in [5.41, 5.74) is 17.1. The zero-order valence-corrected chi connectivity index (χ0v) is 30.4. The van der Waals surface area contributed by atoms with Crippen molar-refractivity contribution in [3.8, 4) is 44.5 Å². The summed E-state index contributed by atoms with van der Waals surface area (Å²) in [6.45, 7) is 0. The van der Waals surface area contributed by atoms with Gasteiger partial charge in [0.15, 0.2) is 0 Å². The highest BCUT2D eigenvalue weighted by atomic mass is 16.3. The molecule has 1 nitrogen and oxygen atoms in total. The van der Waals surface area contributed by atoms with Crippen LogP contribution in [0.25, 0.3) is 98.8 Å². The van der Waals surface area contributed by atoms with Crippen LogP contribution in [-0.2, 0) is 5.41 Å². The summed E-state index contributed by atoms with van der Waals surface area (Å²) >= 11 is 0. The lowest BCUT2D eigenvalue weighted by Gasteiger charge is -2.31. The van der Waals surface area contributed by atoms with Crippen LogP contribution >= 0.6 is 0 Å². The number of furan rings is 1. The summed E-state index contributed by atoms with van der Waals surface area (Å²) in [4.78, 5) is 0. The van der Waals surface area contributed by atoms with Crippen LogP contribution in [0.3, 0.4) is 0 Å². The Kier molecular flexibility index (Phi) is 5.89. The van der Waals surface area contributed by atoms with Crippen LogP contribution in [-0.4, -0.2) is 0 Å². The lowest BCUT2D eigenvalue weighted by molar-refractivity contribution is 0.673. The summed E-state index contributed by atoms with van der Waals surface area (Å²) in [6, 6.07) is 72.1. The minimum absolute atomic E-state index is 0.379. The van der Waals surface area contributed by atoms with E-state index in [0.717, 1.165) is 32.9 Å². The normalized spacial score (nSPS) is 13.5. The minimum atomic E-state index is -0.379. The molecule has 1 spiro atoms. The molecular weight excluding hydrogens is 677 g/mol. The summed E-state index contributed by atoms with van der Waals surface area (Å²) < 4.78 is 6.52. The Morgan fingerprint density at radius 1 is 0.304 bits per heavy atom. The minimum Gasteiger partial charge on any atom is -0.455 e. The van der Waals surface area contributed by atoms with Crippen molar-refractivity contribution >= 4 is 54.3 Å². The Labute approximate surface area is 323 Å². The van der Waals surface area contributed by atoms with Crippen LogP contribution in [0.5, 0.6) is 0 Å². The van der Waals surface area contributed by atoms with E-state index in [1.807, 2.05) is 0 Å². The van der Waals surface area contributed by atoms with E-state index in [4.69, 9.17) is 4.42 Å². The highest BCUT2D eigenvalue weighted by molar-refractivity contribution is 6.15. The third-order valence-electron chi connectivity index (χ3n) is 12.8. The molecule has 10 aromatic carbocycles. The molecule has 0 saturated heterocycles. The van der Waals surface area contributed by atoms with Gasteiger partial charge >= 0.3 is 0 Å². The average Bonchev–Trinajstić information content (AvgIpc) is 3.90. The molecule has 13 rings (SSSR count). The van der Waals surface area contributed by atoms with Crippen molar-refractivity contribution in [2.75, 3.05) is 0 Å². The van der Waals surface area contributed by atoms with Gasteiger partial charge in [-0.15, -0.1) is 0 Å². The largest absolute Gasteiger partial charge is 0.455 e. The van der Waals surface area contributed by atoms with Crippen LogP contribution in [0.4, 0.5) is 0 Å². The van der Waals surface area contributed by atoms with Crippen molar-refractivity contribution in [2.24, 2.45) is 0 Å². The Balaban J connectivity index is 0.943. The molecule has 0 aliphatic heterocycles. The summed E-state index contributed by atoms with van der Waals surface area (Å²) in [6.07, 6.45) is 0. The monoisotopic (exact) mass is 708 g/mol. The average molecular weight is 709 g/mol. The van der Waals surface area contributed by atoms with Crippen LogP contribution < -0.4 is 0 Å². The van der Waals surface area contributed by atoms with Crippen LogP contribution in [0.15, 0.2) is 199 Å². The Morgan fingerprint density at radius 2 is 0.786 bits per heavy atom. The van der Waals surface area contributed by atoms with Gasteiger partial charge in [0.2, 0.25) is 0 Å². The maximum Gasteiger partial charge on any atom is 0.143 e. The maximum absolute atomic E-state index is 6.52. The fourth-order valence-corrected chi connectivity index (χ4v) is 10.4. The zero-order chi connectivity index (χ0) is 36.5. The molecule has 0 atom stereocenters. The van der Waals surface area contributed by atoms with Crippen LogP contribution in [0, 0.1) is 0 Å². The van der Waals surface area contributed by atoms with E-state index in [-0.39, 0.29) is 5.41 Å². The molecule has 1 heterocycles. The van der Waals surface area contributed by atoms with E-state index >= 15 is 0 Å². The van der Waals surface area contributed by atoms with Gasteiger partial charge in [0.05, 0.1) is 5.41 Å². The second kappa shape index (κ2) is 10.9.